The van der Waals surface area contributed by atoms with Gasteiger partial charge in [-0.1, -0.05) is 31.2 Å². The molecule has 0 heterocycles. The zero-order chi connectivity index (χ0) is 19.6. The molecular formula is C21H26N2O4. The predicted octanol–water partition coefficient (Wildman–Crippen LogP) is 3.05. The van der Waals surface area contributed by atoms with Crippen molar-refractivity contribution in [3.63, 3.8) is 0 Å². The lowest BCUT2D eigenvalue weighted by Gasteiger charge is -2.11. The first kappa shape index (κ1) is 20.3. The van der Waals surface area contributed by atoms with Crippen LogP contribution >= 0.6 is 0 Å². The van der Waals surface area contributed by atoms with Crippen LogP contribution in [0.4, 0.5) is 0 Å². The van der Waals surface area contributed by atoms with E-state index in [0.717, 1.165) is 12.0 Å². The van der Waals surface area contributed by atoms with Crippen molar-refractivity contribution < 1.29 is 19.1 Å². The summed E-state index contributed by atoms with van der Waals surface area (Å²) in [6.07, 6.45) is 1.89. The number of aryl methyl sites for hydroxylation is 2. The maximum absolute atomic E-state index is 12.2. The molecule has 0 aliphatic heterocycles. The molecule has 0 saturated carbocycles. The van der Waals surface area contributed by atoms with Crippen LogP contribution in [0.3, 0.4) is 0 Å². The molecule has 0 atom stereocenters. The highest BCUT2D eigenvalue weighted by atomic mass is 16.5. The Hall–Kier alpha value is -3.02. The first-order valence-electron chi connectivity index (χ1n) is 9.05. The fourth-order valence-electron chi connectivity index (χ4n) is 2.54. The van der Waals surface area contributed by atoms with Crippen molar-refractivity contribution in [2.75, 3.05) is 13.7 Å². The van der Waals surface area contributed by atoms with E-state index in [2.05, 4.69) is 29.9 Å². The molecule has 144 valence electrons. The normalized spacial score (nSPS) is 10.2. The van der Waals surface area contributed by atoms with Crippen LogP contribution in [0.2, 0.25) is 0 Å². The van der Waals surface area contributed by atoms with E-state index in [1.54, 1.807) is 18.2 Å². The van der Waals surface area contributed by atoms with Crippen LogP contribution in [0.5, 0.6) is 11.5 Å². The summed E-state index contributed by atoms with van der Waals surface area (Å²) in [6, 6.07) is 13.0. The number of amides is 2. The molecule has 0 spiro atoms. The highest BCUT2D eigenvalue weighted by Gasteiger charge is 2.12. The lowest BCUT2D eigenvalue weighted by Crippen LogP contribution is -2.41. The molecule has 0 unspecified atom stereocenters. The van der Waals surface area contributed by atoms with Crippen molar-refractivity contribution in [1.29, 1.82) is 0 Å². The number of methoxy groups -OCH3 is 1. The first-order valence-corrected chi connectivity index (χ1v) is 9.05. The summed E-state index contributed by atoms with van der Waals surface area (Å²) < 4.78 is 10.6. The van der Waals surface area contributed by atoms with Crippen molar-refractivity contribution in [3.8, 4) is 11.5 Å². The number of rotatable bonds is 8. The third kappa shape index (κ3) is 6.02. The molecule has 2 aromatic rings. The van der Waals surface area contributed by atoms with Crippen molar-refractivity contribution in [1.82, 2.24) is 10.9 Å². The third-order valence-electron chi connectivity index (χ3n) is 4.11. The highest BCUT2D eigenvalue weighted by Crippen LogP contribution is 2.27. The molecular weight excluding hydrogens is 344 g/mol. The number of carbonyl (C=O) groups is 2. The molecule has 0 aliphatic carbocycles. The van der Waals surface area contributed by atoms with Gasteiger partial charge in [-0.3, -0.25) is 20.4 Å². The van der Waals surface area contributed by atoms with Crippen LogP contribution in [0.15, 0.2) is 42.5 Å². The van der Waals surface area contributed by atoms with Crippen LogP contribution in [0, 0.1) is 0 Å². The van der Waals surface area contributed by atoms with Crippen molar-refractivity contribution >= 4 is 11.8 Å². The number of nitrogens with one attached hydrogen (secondary N) is 2. The number of hydrazine groups is 1. The van der Waals surface area contributed by atoms with Crippen molar-refractivity contribution in [3.05, 3.63) is 59.2 Å². The van der Waals surface area contributed by atoms with Gasteiger partial charge in [0.25, 0.3) is 5.91 Å². The largest absolute Gasteiger partial charge is 0.493 e. The lowest BCUT2D eigenvalue weighted by molar-refractivity contribution is -0.121. The van der Waals surface area contributed by atoms with Crippen LogP contribution in [-0.2, 0) is 17.6 Å². The van der Waals surface area contributed by atoms with Gasteiger partial charge in [-0.25, -0.2) is 0 Å². The molecule has 2 aromatic carbocycles. The van der Waals surface area contributed by atoms with Gasteiger partial charge in [-0.05, 0) is 49.1 Å². The van der Waals surface area contributed by atoms with Gasteiger partial charge in [-0.15, -0.1) is 0 Å². The Bertz CT molecular complexity index is 772. The number of carbonyl (C=O) groups excluding carboxylic acids is 2. The van der Waals surface area contributed by atoms with Crippen molar-refractivity contribution in [2.45, 2.75) is 33.1 Å². The molecule has 2 amide bonds. The molecule has 6 nitrogen and oxygen atoms in total. The van der Waals surface area contributed by atoms with E-state index >= 15 is 0 Å². The molecule has 2 rings (SSSR count). The molecule has 6 heteroatoms. The lowest BCUT2D eigenvalue weighted by atomic mass is 10.1. The summed E-state index contributed by atoms with van der Waals surface area (Å²) in [4.78, 5) is 24.2. The minimum absolute atomic E-state index is 0.249. The molecule has 0 aliphatic rings. The summed E-state index contributed by atoms with van der Waals surface area (Å²) in [7, 11) is 1.51. The maximum Gasteiger partial charge on any atom is 0.269 e. The fourth-order valence-corrected chi connectivity index (χ4v) is 2.54. The monoisotopic (exact) mass is 370 g/mol. The standard InChI is InChI=1S/C21H26N2O4/c1-4-15-6-8-16(9-7-15)10-13-20(24)22-23-21(25)17-11-12-18(27-5-2)19(14-17)26-3/h6-9,11-12,14H,4-5,10,13H2,1-3H3,(H,22,24)(H,23,25). The summed E-state index contributed by atoms with van der Waals surface area (Å²) in [5, 5.41) is 0. The van der Waals surface area contributed by atoms with E-state index in [0.29, 0.717) is 36.5 Å². The second-order valence-corrected chi connectivity index (χ2v) is 5.97. The van der Waals surface area contributed by atoms with Gasteiger partial charge < -0.3 is 9.47 Å². The molecule has 0 bridgehead atoms. The number of ether oxygens (including phenoxy) is 2. The fraction of sp³-hybridized carbons (Fsp3) is 0.333. The van der Waals surface area contributed by atoms with Gasteiger partial charge in [0.2, 0.25) is 5.91 Å². The Morgan fingerprint density at radius 3 is 2.26 bits per heavy atom. The minimum Gasteiger partial charge on any atom is -0.493 e. The Labute approximate surface area is 159 Å². The molecule has 0 radical (unpaired) electrons. The first-order chi connectivity index (χ1) is 13.1. The van der Waals surface area contributed by atoms with Gasteiger partial charge in [-0.2, -0.15) is 0 Å². The third-order valence-corrected chi connectivity index (χ3v) is 4.11. The SMILES string of the molecule is CCOc1ccc(C(=O)NNC(=O)CCc2ccc(CC)cc2)cc1OC. The average Bonchev–Trinajstić information content (AvgIpc) is 2.71. The minimum atomic E-state index is -0.419. The summed E-state index contributed by atoms with van der Waals surface area (Å²) in [6.45, 7) is 4.47. The summed E-state index contributed by atoms with van der Waals surface area (Å²) >= 11 is 0. The second kappa shape index (κ2) is 10.2. The van der Waals surface area contributed by atoms with Gasteiger partial charge >= 0.3 is 0 Å². The van der Waals surface area contributed by atoms with E-state index in [-0.39, 0.29) is 5.91 Å². The van der Waals surface area contributed by atoms with E-state index in [9.17, 15) is 9.59 Å². The highest BCUT2D eigenvalue weighted by molar-refractivity contribution is 5.96. The topological polar surface area (TPSA) is 76.7 Å². The van der Waals surface area contributed by atoms with Crippen LogP contribution in [0.1, 0.15) is 41.8 Å². The summed E-state index contributed by atoms with van der Waals surface area (Å²) in [5.41, 5.74) is 7.58. The Balaban J connectivity index is 1.84. The second-order valence-electron chi connectivity index (χ2n) is 5.97. The van der Waals surface area contributed by atoms with Crippen molar-refractivity contribution in [2.24, 2.45) is 0 Å². The van der Waals surface area contributed by atoms with Gasteiger partial charge in [0, 0.05) is 12.0 Å². The van der Waals surface area contributed by atoms with Gasteiger partial charge in [0.15, 0.2) is 11.5 Å². The predicted molar refractivity (Wildman–Crippen MR) is 104 cm³/mol. The Morgan fingerprint density at radius 2 is 1.63 bits per heavy atom. The summed E-state index contributed by atoms with van der Waals surface area (Å²) in [5.74, 6) is 0.360. The van der Waals surface area contributed by atoms with Crippen LogP contribution in [-0.4, -0.2) is 25.5 Å². The van der Waals surface area contributed by atoms with Gasteiger partial charge in [0.05, 0.1) is 13.7 Å². The maximum atomic E-state index is 12.2. The number of benzene rings is 2. The van der Waals surface area contributed by atoms with Crippen LogP contribution < -0.4 is 20.3 Å². The van der Waals surface area contributed by atoms with E-state index < -0.39 is 5.91 Å². The quantitative estimate of drug-likeness (QED) is 0.700. The molecule has 0 fully saturated rings. The molecule has 0 saturated heterocycles. The Morgan fingerprint density at radius 1 is 0.926 bits per heavy atom. The molecule has 2 N–H and O–H groups in total. The number of hydrogen-bond acceptors (Lipinski definition) is 4. The van der Waals surface area contributed by atoms with E-state index in [1.807, 2.05) is 19.1 Å². The zero-order valence-electron chi connectivity index (χ0n) is 16.0. The molecule has 0 aromatic heterocycles. The number of hydrogen-bond donors (Lipinski definition) is 2. The van der Waals surface area contributed by atoms with Gasteiger partial charge in [0.1, 0.15) is 0 Å². The van der Waals surface area contributed by atoms with E-state index in [1.165, 1.54) is 12.7 Å². The smallest absolute Gasteiger partial charge is 0.269 e. The van der Waals surface area contributed by atoms with Crippen LogP contribution in [0.25, 0.3) is 0 Å². The molecule has 27 heavy (non-hydrogen) atoms. The average molecular weight is 370 g/mol. The zero-order valence-corrected chi connectivity index (χ0v) is 16.0. The van der Waals surface area contributed by atoms with E-state index in [4.69, 9.17) is 9.47 Å². The Kier molecular flexibility index (Phi) is 7.67.